The van der Waals surface area contributed by atoms with Gasteiger partial charge >= 0.3 is 0 Å². The molecule has 1 aliphatic rings. The van der Waals surface area contributed by atoms with E-state index in [9.17, 15) is 0 Å². The molecular weight excluding hydrogens is 268 g/mol. The second-order valence-corrected chi connectivity index (χ2v) is 6.35. The first-order chi connectivity index (χ1) is 9.87. The van der Waals surface area contributed by atoms with Crippen molar-refractivity contribution >= 4 is 21.6 Å². The van der Waals surface area contributed by atoms with Crippen LogP contribution in [0.3, 0.4) is 0 Å². The molecule has 0 bridgehead atoms. The molecule has 1 N–H and O–H groups in total. The van der Waals surface area contributed by atoms with E-state index < -0.39 is 0 Å². The maximum absolute atomic E-state index is 4.64. The molecule has 1 aliphatic carbocycles. The van der Waals surface area contributed by atoms with E-state index in [0.717, 1.165) is 35.3 Å². The first-order valence-corrected chi connectivity index (χ1v) is 7.79. The van der Waals surface area contributed by atoms with Crippen molar-refractivity contribution in [1.82, 2.24) is 20.1 Å². The van der Waals surface area contributed by atoms with Gasteiger partial charge in [0, 0.05) is 18.8 Å². The van der Waals surface area contributed by atoms with E-state index in [-0.39, 0.29) is 0 Å². The summed E-state index contributed by atoms with van der Waals surface area (Å²) < 4.78 is 3.21. The highest BCUT2D eigenvalue weighted by Crippen LogP contribution is 2.22. The number of benzene rings is 1. The van der Waals surface area contributed by atoms with Crippen LogP contribution in [-0.4, -0.2) is 20.8 Å². The van der Waals surface area contributed by atoms with Crippen LogP contribution in [0.5, 0.6) is 0 Å². The summed E-state index contributed by atoms with van der Waals surface area (Å²) in [6, 6.07) is 11.1. The highest BCUT2D eigenvalue weighted by Gasteiger charge is 2.20. The Hall–Kier alpha value is -1.72. The van der Waals surface area contributed by atoms with Gasteiger partial charge in [-0.05, 0) is 31.0 Å². The fraction of sp³-hybridized carbons (Fsp3) is 0.333. The number of aromatic nitrogens is 3. The number of para-hydroxylation sites is 1. The SMILES string of the molecule is c1ccc2sc(Cn3ccc(CNC4CC4)n3)nc2c1. The van der Waals surface area contributed by atoms with Crippen LogP contribution in [0.1, 0.15) is 23.5 Å². The molecule has 2 heterocycles. The Morgan fingerprint density at radius 2 is 2.15 bits per heavy atom. The van der Waals surface area contributed by atoms with E-state index in [1.807, 2.05) is 16.9 Å². The average molecular weight is 284 g/mol. The molecule has 1 saturated carbocycles. The van der Waals surface area contributed by atoms with Gasteiger partial charge in [-0.3, -0.25) is 4.68 Å². The summed E-state index contributed by atoms with van der Waals surface area (Å²) >= 11 is 1.74. The van der Waals surface area contributed by atoms with Crippen LogP contribution in [0.4, 0.5) is 0 Å². The van der Waals surface area contributed by atoms with E-state index >= 15 is 0 Å². The highest BCUT2D eigenvalue weighted by atomic mass is 32.1. The fourth-order valence-electron chi connectivity index (χ4n) is 2.25. The normalized spacial score (nSPS) is 15.0. The van der Waals surface area contributed by atoms with Crippen LogP contribution in [-0.2, 0) is 13.1 Å². The number of nitrogens with one attached hydrogen (secondary N) is 1. The number of thiazole rings is 1. The molecule has 4 nitrogen and oxygen atoms in total. The molecule has 20 heavy (non-hydrogen) atoms. The number of nitrogens with zero attached hydrogens (tertiary/aromatic N) is 3. The minimum atomic E-state index is 0.726. The Balaban J connectivity index is 1.47. The van der Waals surface area contributed by atoms with Gasteiger partial charge < -0.3 is 5.32 Å². The van der Waals surface area contributed by atoms with Crippen molar-refractivity contribution in [2.75, 3.05) is 0 Å². The van der Waals surface area contributed by atoms with Crippen LogP contribution < -0.4 is 5.32 Å². The van der Waals surface area contributed by atoms with Crippen molar-refractivity contribution in [3.8, 4) is 0 Å². The summed E-state index contributed by atoms with van der Waals surface area (Å²) in [7, 11) is 0. The molecule has 0 aliphatic heterocycles. The lowest BCUT2D eigenvalue weighted by molar-refractivity contribution is 0.630. The van der Waals surface area contributed by atoms with Crippen molar-refractivity contribution in [2.24, 2.45) is 0 Å². The van der Waals surface area contributed by atoms with E-state index in [0.29, 0.717) is 0 Å². The zero-order valence-corrected chi connectivity index (χ0v) is 11.9. The molecule has 0 saturated heterocycles. The smallest absolute Gasteiger partial charge is 0.115 e. The van der Waals surface area contributed by atoms with Crippen LogP contribution >= 0.6 is 11.3 Å². The van der Waals surface area contributed by atoms with Gasteiger partial charge in [-0.15, -0.1) is 11.3 Å². The standard InChI is InChI=1S/C15H16N4S/c1-2-4-14-13(3-1)17-15(20-14)10-19-8-7-12(18-19)9-16-11-5-6-11/h1-4,7-8,11,16H,5-6,9-10H2. The van der Waals surface area contributed by atoms with Crippen LogP contribution in [0.2, 0.25) is 0 Å². The second-order valence-electron chi connectivity index (χ2n) is 5.24. The molecule has 0 unspecified atom stereocenters. The number of fused-ring (bicyclic) bond motifs is 1. The maximum atomic E-state index is 4.64. The molecule has 4 rings (SSSR count). The molecule has 3 aromatic rings. The molecule has 1 aromatic carbocycles. The predicted molar refractivity (Wildman–Crippen MR) is 80.8 cm³/mol. The van der Waals surface area contributed by atoms with Crippen LogP contribution in [0.25, 0.3) is 10.2 Å². The van der Waals surface area contributed by atoms with Crippen molar-refractivity contribution in [3.63, 3.8) is 0 Å². The van der Waals surface area contributed by atoms with Crippen molar-refractivity contribution in [1.29, 1.82) is 0 Å². The van der Waals surface area contributed by atoms with Gasteiger partial charge in [0.1, 0.15) is 5.01 Å². The Morgan fingerprint density at radius 1 is 1.25 bits per heavy atom. The summed E-state index contributed by atoms with van der Waals surface area (Å²) in [6.45, 7) is 1.63. The van der Waals surface area contributed by atoms with Gasteiger partial charge in [0.05, 0.1) is 22.5 Å². The first-order valence-electron chi connectivity index (χ1n) is 6.97. The van der Waals surface area contributed by atoms with Crippen molar-refractivity contribution in [3.05, 3.63) is 47.2 Å². The topological polar surface area (TPSA) is 42.7 Å². The minimum Gasteiger partial charge on any atom is -0.308 e. The van der Waals surface area contributed by atoms with Gasteiger partial charge in [-0.1, -0.05) is 12.1 Å². The lowest BCUT2D eigenvalue weighted by Gasteiger charge is -1.99. The molecule has 0 atom stereocenters. The number of hydrogen-bond donors (Lipinski definition) is 1. The average Bonchev–Trinajstić information content (AvgIpc) is 3.04. The highest BCUT2D eigenvalue weighted by molar-refractivity contribution is 7.18. The Bertz CT molecular complexity index is 693. The van der Waals surface area contributed by atoms with Gasteiger partial charge in [0.15, 0.2) is 0 Å². The molecule has 0 amide bonds. The minimum absolute atomic E-state index is 0.726. The predicted octanol–water partition coefficient (Wildman–Crippen LogP) is 2.79. The van der Waals surface area contributed by atoms with Gasteiger partial charge in [-0.25, -0.2) is 4.98 Å². The lowest BCUT2D eigenvalue weighted by Crippen LogP contribution is -2.16. The first kappa shape index (κ1) is 12.1. The third-order valence-corrected chi connectivity index (χ3v) is 4.50. The van der Waals surface area contributed by atoms with E-state index in [2.05, 4.69) is 39.7 Å². The zero-order valence-electron chi connectivity index (χ0n) is 11.1. The molecule has 0 spiro atoms. The van der Waals surface area contributed by atoms with E-state index in [1.54, 1.807) is 11.3 Å². The van der Waals surface area contributed by atoms with Crippen molar-refractivity contribution in [2.45, 2.75) is 32.0 Å². The monoisotopic (exact) mass is 284 g/mol. The largest absolute Gasteiger partial charge is 0.308 e. The molecule has 0 radical (unpaired) electrons. The number of rotatable bonds is 5. The second kappa shape index (κ2) is 5.00. The molecule has 1 fully saturated rings. The summed E-state index contributed by atoms with van der Waals surface area (Å²) in [5.74, 6) is 0. The summed E-state index contributed by atoms with van der Waals surface area (Å²) in [5.41, 5.74) is 2.19. The zero-order chi connectivity index (χ0) is 13.4. The molecule has 2 aromatic heterocycles. The Kier molecular flexibility index (Phi) is 3.01. The summed E-state index contributed by atoms with van der Waals surface area (Å²) in [4.78, 5) is 4.64. The maximum Gasteiger partial charge on any atom is 0.115 e. The van der Waals surface area contributed by atoms with E-state index in [1.165, 1.54) is 17.5 Å². The van der Waals surface area contributed by atoms with E-state index in [4.69, 9.17) is 0 Å². The lowest BCUT2D eigenvalue weighted by atomic mass is 10.3. The third-order valence-electron chi connectivity index (χ3n) is 3.48. The summed E-state index contributed by atoms with van der Waals surface area (Å²) in [5, 5.41) is 9.19. The summed E-state index contributed by atoms with van der Waals surface area (Å²) in [6.07, 6.45) is 4.66. The third kappa shape index (κ3) is 2.59. The fourth-order valence-corrected chi connectivity index (χ4v) is 3.21. The van der Waals surface area contributed by atoms with Crippen LogP contribution in [0, 0.1) is 0 Å². The van der Waals surface area contributed by atoms with Crippen LogP contribution in [0.15, 0.2) is 36.5 Å². The number of hydrogen-bond acceptors (Lipinski definition) is 4. The van der Waals surface area contributed by atoms with Crippen molar-refractivity contribution < 1.29 is 0 Å². The quantitative estimate of drug-likeness (QED) is 0.783. The van der Waals surface area contributed by atoms with Gasteiger partial charge in [-0.2, -0.15) is 5.10 Å². The molecule has 102 valence electrons. The molecular formula is C15H16N4S. The Labute approximate surface area is 121 Å². The van der Waals surface area contributed by atoms with Gasteiger partial charge in [0.25, 0.3) is 0 Å². The molecule has 5 heteroatoms. The Morgan fingerprint density at radius 3 is 3.00 bits per heavy atom. The van der Waals surface area contributed by atoms with Gasteiger partial charge in [0.2, 0.25) is 0 Å².